The van der Waals surface area contributed by atoms with Crippen molar-refractivity contribution in [3.05, 3.63) is 0 Å². The van der Waals surface area contributed by atoms with Crippen LogP contribution < -0.4 is 5.73 Å². The standard InChI is InChI=1S/C12H24N2O/c1-12(2)9-14(6-5-11(12)13)8-10-4-3-7-15-10/h10-11H,3-9,13H2,1-2H3. The maximum atomic E-state index is 6.12. The molecule has 3 heteroatoms. The first kappa shape index (κ1) is 11.4. The summed E-state index contributed by atoms with van der Waals surface area (Å²) in [6, 6.07) is 0.359. The molecule has 0 bridgehead atoms. The average Bonchev–Trinajstić information content (AvgIpc) is 2.63. The van der Waals surface area contributed by atoms with E-state index in [-0.39, 0.29) is 5.41 Å². The molecule has 2 N–H and O–H groups in total. The third-order valence-electron chi connectivity index (χ3n) is 3.88. The highest BCUT2D eigenvalue weighted by atomic mass is 16.5. The molecule has 2 aliphatic rings. The first-order valence-electron chi connectivity index (χ1n) is 6.17. The molecule has 3 nitrogen and oxygen atoms in total. The van der Waals surface area contributed by atoms with Gasteiger partial charge < -0.3 is 15.4 Å². The van der Waals surface area contributed by atoms with Crippen LogP contribution >= 0.6 is 0 Å². The van der Waals surface area contributed by atoms with Gasteiger partial charge in [0.05, 0.1) is 6.10 Å². The lowest BCUT2D eigenvalue weighted by Gasteiger charge is -2.43. The van der Waals surface area contributed by atoms with E-state index in [1.807, 2.05) is 0 Å². The summed E-state index contributed by atoms with van der Waals surface area (Å²) in [6.07, 6.45) is 4.08. The fourth-order valence-electron chi connectivity index (χ4n) is 2.72. The molecular formula is C12H24N2O. The van der Waals surface area contributed by atoms with Crippen LogP contribution in [0.2, 0.25) is 0 Å². The summed E-state index contributed by atoms with van der Waals surface area (Å²) in [7, 11) is 0. The van der Waals surface area contributed by atoms with Crippen LogP contribution in [0.3, 0.4) is 0 Å². The van der Waals surface area contributed by atoms with E-state index in [0.717, 1.165) is 32.7 Å². The van der Waals surface area contributed by atoms with Gasteiger partial charge in [0.2, 0.25) is 0 Å². The molecule has 0 radical (unpaired) electrons. The largest absolute Gasteiger partial charge is 0.377 e. The molecule has 0 aromatic rings. The highest BCUT2D eigenvalue weighted by molar-refractivity contribution is 4.90. The van der Waals surface area contributed by atoms with Gasteiger partial charge >= 0.3 is 0 Å². The number of likely N-dealkylation sites (tertiary alicyclic amines) is 1. The summed E-state index contributed by atoms with van der Waals surface area (Å²) in [5.74, 6) is 0. The number of ether oxygens (including phenoxy) is 1. The SMILES string of the molecule is CC1(C)CN(CC2CCCO2)CCC1N. The molecule has 0 aromatic heterocycles. The van der Waals surface area contributed by atoms with Crippen molar-refractivity contribution in [1.82, 2.24) is 4.90 Å². The third kappa shape index (κ3) is 2.71. The number of piperidine rings is 1. The van der Waals surface area contributed by atoms with Gasteiger partial charge in [-0.05, 0) is 31.2 Å². The lowest BCUT2D eigenvalue weighted by atomic mass is 9.79. The zero-order valence-electron chi connectivity index (χ0n) is 10.0. The van der Waals surface area contributed by atoms with E-state index >= 15 is 0 Å². The summed E-state index contributed by atoms with van der Waals surface area (Å²) < 4.78 is 5.68. The number of nitrogens with two attached hydrogens (primary N) is 1. The quantitative estimate of drug-likeness (QED) is 0.748. The predicted octanol–water partition coefficient (Wildman–Crippen LogP) is 1.22. The van der Waals surface area contributed by atoms with Crippen LogP contribution in [-0.4, -0.2) is 43.3 Å². The molecule has 2 heterocycles. The van der Waals surface area contributed by atoms with Crippen molar-refractivity contribution in [3.63, 3.8) is 0 Å². The van der Waals surface area contributed by atoms with Gasteiger partial charge in [0.1, 0.15) is 0 Å². The van der Waals surface area contributed by atoms with Crippen molar-refractivity contribution in [2.24, 2.45) is 11.1 Å². The summed E-state index contributed by atoms with van der Waals surface area (Å²) in [6.45, 7) is 8.88. The van der Waals surface area contributed by atoms with Crippen molar-refractivity contribution >= 4 is 0 Å². The number of nitrogens with zero attached hydrogens (tertiary/aromatic N) is 1. The number of hydrogen-bond acceptors (Lipinski definition) is 3. The van der Waals surface area contributed by atoms with Crippen molar-refractivity contribution < 1.29 is 4.74 Å². The van der Waals surface area contributed by atoms with Crippen LogP contribution in [0.5, 0.6) is 0 Å². The summed E-state index contributed by atoms with van der Waals surface area (Å²) in [4.78, 5) is 2.53. The van der Waals surface area contributed by atoms with Gasteiger partial charge in [0.25, 0.3) is 0 Å². The maximum absolute atomic E-state index is 6.12. The average molecular weight is 212 g/mol. The van der Waals surface area contributed by atoms with Crippen LogP contribution in [0.1, 0.15) is 33.1 Å². The predicted molar refractivity (Wildman–Crippen MR) is 61.8 cm³/mol. The van der Waals surface area contributed by atoms with Gasteiger partial charge in [-0.1, -0.05) is 13.8 Å². The molecule has 2 saturated heterocycles. The smallest absolute Gasteiger partial charge is 0.0702 e. The minimum absolute atomic E-state index is 0.261. The van der Waals surface area contributed by atoms with E-state index < -0.39 is 0 Å². The van der Waals surface area contributed by atoms with Crippen molar-refractivity contribution in [2.75, 3.05) is 26.2 Å². The molecule has 2 aliphatic heterocycles. The second-order valence-electron chi connectivity index (χ2n) is 5.75. The molecule has 2 unspecified atom stereocenters. The second-order valence-corrected chi connectivity index (χ2v) is 5.75. The van der Waals surface area contributed by atoms with Gasteiger partial charge in [-0.25, -0.2) is 0 Å². The first-order chi connectivity index (χ1) is 7.08. The van der Waals surface area contributed by atoms with Crippen molar-refractivity contribution in [2.45, 2.75) is 45.3 Å². The van der Waals surface area contributed by atoms with Gasteiger partial charge in [-0.3, -0.25) is 0 Å². The van der Waals surface area contributed by atoms with Crippen LogP contribution in [0.15, 0.2) is 0 Å². The van der Waals surface area contributed by atoms with E-state index in [1.54, 1.807) is 0 Å². The molecular weight excluding hydrogens is 188 g/mol. The Morgan fingerprint density at radius 3 is 2.80 bits per heavy atom. The van der Waals surface area contributed by atoms with Crippen LogP contribution in [0.25, 0.3) is 0 Å². The Balaban J connectivity index is 1.83. The lowest BCUT2D eigenvalue weighted by molar-refractivity contribution is 0.0330. The molecule has 2 atom stereocenters. The summed E-state index contributed by atoms with van der Waals surface area (Å²) in [5.41, 5.74) is 6.39. The molecule has 0 aromatic carbocycles. The Hall–Kier alpha value is -0.120. The number of hydrogen-bond donors (Lipinski definition) is 1. The molecule has 0 saturated carbocycles. The molecule has 0 aliphatic carbocycles. The Morgan fingerprint density at radius 2 is 2.20 bits per heavy atom. The monoisotopic (exact) mass is 212 g/mol. The highest BCUT2D eigenvalue weighted by Gasteiger charge is 2.34. The van der Waals surface area contributed by atoms with E-state index in [0.29, 0.717) is 12.1 Å². The van der Waals surface area contributed by atoms with Crippen LogP contribution in [0.4, 0.5) is 0 Å². The molecule has 0 spiro atoms. The Morgan fingerprint density at radius 1 is 1.40 bits per heavy atom. The van der Waals surface area contributed by atoms with E-state index in [2.05, 4.69) is 18.7 Å². The fraction of sp³-hybridized carbons (Fsp3) is 1.00. The van der Waals surface area contributed by atoms with E-state index in [9.17, 15) is 0 Å². The Bertz CT molecular complexity index is 212. The zero-order valence-corrected chi connectivity index (χ0v) is 10.0. The van der Waals surface area contributed by atoms with Gasteiger partial charge in [-0.2, -0.15) is 0 Å². The minimum atomic E-state index is 0.261. The van der Waals surface area contributed by atoms with Gasteiger partial charge in [0.15, 0.2) is 0 Å². The number of rotatable bonds is 2. The molecule has 2 rings (SSSR count). The normalized spacial score (nSPS) is 37.0. The van der Waals surface area contributed by atoms with E-state index in [1.165, 1.54) is 12.8 Å². The lowest BCUT2D eigenvalue weighted by Crippen LogP contribution is -2.53. The molecule has 0 amide bonds. The fourth-order valence-corrected chi connectivity index (χ4v) is 2.72. The Kier molecular flexibility index (Phi) is 3.33. The van der Waals surface area contributed by atoms with Crippen molar-refractivity contribution in [3.8, 4) is 0 Å². The first-order valence-corrected chi connectivity index (χ1v) is 6.17. The van der Waals surface area contributed by atoms with Gasteiger partial charge in [0, 0.05) is 25.7 Å². The molecule has 2 fully saturated rings. The van der Waals surface area contributed by atoms with Crippen LogP contribution in [0, 0.1) is 5.41 Å². The summed E-state index contributed by atoms with van der Waals surface area (Å²) >= 11 is 0. The topological polar surface area (TPSA) is 38.5 Å². The Labute approximate surface area is 93.0 Å². The van der Waals surface area contributed by atoms with E-state index in [4.69, 9.17) is 10.5 Å². The highest BCUT2D eigenvalue weighted by Crippen LogP contribution is 2.28. The van der Waals surface area contributed by atoms with Gasteiger partial charge in [-0.15, -0.1) is 0 Å². The van der Waals surface area contributed by atoms with Crippen LogP contribution in [-0.2, 0) is 4.74 Å². The van der Waals surface area contributed by atoms with Crippen molar-refractivity contribution in [1.29, 1.82) is 0 Å². The minimum Gasteiger partial charge on any atom is -0.377 e. The molecule has 88 valence electrons. The second kappa shape index (κ2) is 4.40. The maximum Gasteiger partial charge on any atom is 0.0702 e. The third-order valence-corrected chi connectivity index (χ3v) is 3.88. The zero-order chi connectivity index (χ0) is 10.9. The molecule has 15 heavy (non-hydrogen) atoms. The summed E-state index contributed by atoms with van der Waals surface area (Å²) in [5, 5.41) is 0.